The van der Waals surface area contributed by atoms with Crippen LogP contribution in [0.2, 0.25) is 0 Å². The summed E-state index contributed by atoms with van der Waals surface area (Å²) in [5, 5.41) is 0. The highest BCUT2D eigenvalue weighted by atomic mass is 16.5. The molecule has 0 aliphatic rings. The molecule has 0 N–H and O–H groups in total. The fraction of sp³-hybridized carbons (Fsp3) is 1.00. The van der Waals surface area contributed by atoms with Gasteiger partial charge in [-0.15, -0.1) is 0 Å². The first-order chi connectivity index (χ1) is 14.2. The molecule has 0 aliphatic carbocycles. The first-order valence-corrected chi connectivity index (χ1v) is 13.8. The molecule has 0 aromatic carbocycles. The van der Waals surface area contributed by atoms with Crippen LogP contribution in [0, 0.1) is 5.41 Å². The Morgan fingerprint density at radius 1 is 0.448 bits per heavy atom. The Morgan fingerprint density at radius 3 is 1.24 bits per heavy atom. The monoisotopic (exact) mass is 410 g/mol. The molecule has 0 saturated carbocycles. The molecule has 29 heavy (non-hydrogen) atoms. The van der Waals surface area contributed by atoms with E-state index in [4.69, 9.17) is 4.74 Å². The molecule has 0 rings (SSSR count). The molecule has 0 radical (unpaired) electrons. The van der Waals surface area contributed by atoms with E-state index in [0.717, 1.165) is 13.2 Å². The van der Waals surface area contributed by atoms with E-state index >= 15 is 0 Å². The van der Waals surface area contributed by atoms with Crippen LogP contribution < -0.4 is 0 Å². The van der Waals surface area contributed by atoms with Gasteiger partial charge in [0.15, 0.2) is 0 Å². The van der Waals surface area contributed by atoms with Crippen molar-refractivity contribution in [3.8, 4) is 0 Å². The molecule has 1 unspecified atom stereocenters. The minimum absolute atomic E-state index is 0.456. The topological polar surface area (TPSA) is 9.23 Å². The molecule has 0 aromatic rings. The van der Waals surface area contributed by atoms with Crippen LogP contribution in [0.25, 0.3) is 0 Å². The molecule has 1 atom stereocenters. The molecule has 0 fully saturated rings. The van der Waals surface area contributed by atoms with E-state index in [1.54, 1.807) is 0 Å². The van der Waals surface area contributed by atoms with Crippen molar-refractivity contribution >= 4 is 0 Å². The van der Waals surface area contributed by atoms with Crippen LogP contribution in [-0.2, 0) is 4.74 Å². The van der Waals surface area contributed by atoms with Crippen molar-refractivity contribution < 1.29 is 4.74 Å². The second-order valence-corrected chi connectivity index (χ2v) is 9.71. The third-order valence-corrected chi connectivity index (χ3v) is 6.92. The molecule has 0 heterocycles. The van der Waals surface area contributed by atoms with Crippen molar-refractivity contribution in [1.82, 2.24) is 0 Å². The standard InChI is InChI=1S/C28H58O/c1-5-9-12-15-17-18-20-22-25-28(8-4,24-21-19-16-13-10-6-2)27-29-26-23-14-11-7-3/h5-27H2,1-4H3. The van der Waals surface area contributed by atoms with E-state index in [2.05, 4.69) is 27.7 Å². The molecule has 1 nitrogen and oxygen atoms in total. The minimum Gasteiger partial charge on any atom is -0.381 e. The van der Waals surface area contributed by atoms with Crippen molar-refractivity contribution in [3.63, 3.8) is 0 Å². The summed E-state index contributed by atoms with van der Waals surface area (Å²) in [5.74, 6) is 0. The Kier molecular flexibility index (Phi) is 22.6. The highest BCUT2D eigenvalue weighted by Gasteiger charge is 2.27. The molecule has 0 aliphatic heterocycles. The number of unbranched alkanes of at least 4 members (excludes halogenated alkanes) is 15. The Bertz CT molecular complexity index is 283. The van der Waals surface area contributed by atoms with Crippen molar-refractivity contribution in [3.05, 3.63) is 0 Å². The van der Waals surface area contributed by atoms with E-state index in [-0.39, 0.29) is 0 Å². The summed E-state index contributed by atoms with van der Waals surface area (Å²) < 4.78 is 6.25. The summed E-state index contributed by atoms with van der Waals surface area (Å²) in [4.78, 5) is 0. The zero-order valence-electron chi connectivity index (χ0n) is 21.2. The van der Waals surface area contributed by atoms with Crippen LogP contribution in [0.3, 0.4) is 0 Å². The van der Waals surface area contributed by atoms with Gasteiger partial charge in [-0.25, -0.2) is 0 Å². The average molecular weight is 411 g/mol. The van der Waals surface area contributed by atoms with Gasteiger partial charge in [0.05, 0.1) is 6.61 Å². The highest BCUT2D eigenvalue weighted by molar-refractivity contribution is 4.78. The zero-order chi connectivity index (χ0) is 21.5. The fourth-order valence-electron chi connectivity index (χ4n) is 4.56. The highest BCUT2D eigenvalue weighted by Crippen LogP contribution is 2.36. The van der Waals surface area contributed by atoms with Crippen molar-refractivity contribution in [2.75, 3.05) is 13.2 Å². The molecule has 0 spiro atoms. The van der Waals surface area contributed by atoms with Gasteiger partial charge in [-0.1, -0.05) is 137 Å². The lowest BCUT2D eigenvalue weighted by Crippen LogP contribution is -2.27. The Hall–Kier alpha value is -0.0400. The molecule has 1 heteroatoms. The lowest BCUT2D eigenvalue weighted by molar-refractivity contribution is 0.0245. The van der Waals surface area contributed by atoms with Gasteiger partial charge in [0.2, 0.25) is 0 Å². The predicted molar refractivity (Wildman–Crippen MR) is 133 cm³/mol. The van der Waals surface area contributed by atoms with E-state index in [9.17, 15) is 0 Å². The van der Waals surface area contributed by atoms with E-state index in [1.165, 1.54) is 135 Å². The maximum atomic E-state index is 6.25. The molecule has 176 valence electrons. The van der Waals surface area contributed by atoms with Crippen LogP contribution in [0.1, 0.15) is 163 Å². The average Bonchev–Trinajstić information content (AvgIpc) is 2.74. The summed E-state index contributed by atoms with van der Waals surface area (Å²) in [6.07, 6.45) is 29.2. The minimum atomic E-state index is 0.456. The normalized spacial score (nSPS) is 13.7. The van der Waals surface area contributed by atoms with Crippen molar-refractivity contribution in [1.29, 1.82) is 0 Å². The van der Waals surface area contributed by atoms with Crippen LogP contribution in [0.5, 0.6) is 0 Å². The predicted octanol–water partition coefficient (Wildman–Crippen LogP) is 10.3. The smallest absolute Gasteiger partial charge is 0.0522 e. The summed E-state index contributed by atoms with van der Waals surface area (Å²) in [7, 11) is 0. The van der Waals surface area contributed by atoms with Gasteiger partial charge in [-0.3, -0.25) is 0 Å². The van der Waals surface area contributed by atoms with Crippen molar-refractivity contribution in [2.45, 2.75) is 163 Å². The lowest BCUT2D eigenvalue weighted by Gasteiger charge is -2.33. The third kappa shape index (κ3) is 18.4. The summed E-state index contributed by atoms with van der Waals surface area (Å²) in [6.45, 7) is 11.3. The van der Waals surface area contributed by atoms with Gasteiger partial charge in [-0.05, 0) is 31.1 Å². The Labute approximate surface area is 186 Å². The first-order valence-electron chi connectivity index (χ1n) is 13.8. The summed E-state index contributed by atoms with van der Waals surface area (Å²) in [6, 6.07) is 0. The Morgan fingerprint density at radius 2 is 0.828 bits per heavy atom. The Balaban J connectivity index is 4.21. The van der Waals surface area contributed by atoms with Gasteiger partial charge in [-0.2, -0.15) is 0 Å². The van der Waals surface area contributed by atoms with E-state index in [1.807, 2.05) is 0 Å². The molecular formula is C28H58O. The molecule has 0 saturated heterocycles. The molecular weight excluding hydrogens is 352 g/mol. The lowest BCUT2D eigenvalue weighted by atomic mass is 9.76. The largest absolute Gasteiger partial charge is 0.381 e. The van der Waals surface area contributed by atoms with Gasteiger partial charge in [0, 0.05) is 6.61 Å². The van der Waals surface area contributed by atoms with Crippen LogP contribution in [-0.4, -0.2) is 13.2 Å². The molecule has 0 aromatic heterocycles. The van der Waals surface area contributed by atoms with Gasteiger partial charge in [0.1, 0.15) is 0 Å². The van der Waals surface area contributed by atoms with E-state index < -0.39 is 0 Å². The number of rotatable bonds is 24. The van der Waals surface area contributed by atoms with Gasteiger partial charge >= 0.3 is 0 Å². The summed E-state index contributed by atoms with van der Waals surface area (Å²) >= 11 is 0. The van der Waals surface area contributed by atoms with E-state index in [0.29, 0.717) is 5.41 Å². The quantitative estimate of drug-likeness (QED) is 0.144. The second kappa shape index (κ2) is 22.6. The number of hydrogen-bond donors (Lipinski definition) is 0. The maximum absolute atomic E-state index is 6.25. The summed E-state index contributed by atoms with van der Waals surface area (Å²) in [5.41, 5.74) is 0.456. The van der Waals surface area contributed by atoms with Crippen LogP contribution in [0.15, 0.2) is 0 Å². The number of ether oxygens (including phenoxy) is 1. The fourth-order valence-corrected chi connectivity index (χ4v) is 4.56. The van der Waals surface area contributed by atoms with Gasteiger partial charge in [0.25, 0.3) is 0 Å². The third-order valence-electron chi connectivity index (χ3n) is 6.92. The zero-order valence-corrected chi connectivity index (χ0v) is 21.2. The van der Waals surface area contributed by atoms with Crippen LogP contribution >= 0.6 is 0 Å². The molecule has 0 bridgehead atoms. The van der Waals surface area contributed by atoms with Crippen molar-refractivity contribution in [2.24, 2.45) is 5.41 Å². The van der Waals surface area contributed by atoms with Crippen LogP contribution in [0.4, 0.5) is 0 Å². The maximum Gasteiger partial charge on any atom is 0.0522 e. The first kappa shape index (κ1) is 29.0. The molecule has 0 amide bonds. The second-order valence-electron chi connectivity index (χ2n) is 9.71. The SMILES string of the molecule is CCCCCCCCCCC(CC)(CCCCCCCC)COCCCCCC. The van der Waals surface area contributed by atoms with Gasteiger partial charge < -0.3 is 4.74 Å². The number of hydrogen-bond acceptors (Lipinski definition) is 1.